The van der Waals surface area contributed by atoms with Crippen molar-refractivity contribution in [3.8, 4) is 0 Å². The molecule has 1 N–H and O–H groups in total. The number of carbonyl (C=O) groups is 1. The van der Waals surface area contributed by atoms with Crippen LogP contribution in [-0.4, -0.2) is 43.0 Å². The van der Waals surface area contributed by atoms with Gasteiger partial charge in [-0.05, 0) is 38.1 Å². The monoisotopic (exact) mass is 391 g/mol. The summed E-state index contributed by atoms with van der Waals surface area (Å²) in [6.07, 6.45) is 0. The fourth-order valence-electron chi connectivity index (χ4n) is 3.30. The van der Waals surface area contributed by atoms with Gasteiger partial charge in [0.25, 0.3) is 0 Å². The van der Waals surface area contributed by atoms with E-state index in [2.05, 4.69) is 53.2 Å². The van der Waals surface area contributed by atoms with Gasteiger partial charge in [-0.1, -0.05) is 47.0 Å². The quantitative estimate of drug-likeness (QED) is 0.835. The third kappa shape index (κ3) is 4.50. The molecule has 6 heteroatoms. The Morgan fingerprint density at radius 2 is 1.77 bits per heavy atom. The van der Waals surface area contributed by atoms with Crippen molar-refractivity contribution in [3.63, 3.8) is 0 Å². The number of hydrogen-bond acceptors (Lipinski definition) is 3. The molecule has 1 fully saturated rings. The first-order chi connectivity index (χ1) is 12.4. The Morgan fingerprint density at radius 1 is 1.12 bits per heavy atom. The number of nitrogens with zero attached hydrogens (tertiary/aromatic N) is 2. The summed E-state index contributed by atoms with van der Waals surface area (Å²) in [6.45, 7) is 7.17. The minimum atomic E-state index is -0.101. The number of amides is 1. The number of aryl methyl sites for hydroxylation is 1. The lowest BCUT2D eigenvalue weighted by molar-refractivity contribution is -0.117. The van der Waals surface area contributed by atoms with E-state index in [1.807, 2.05) is 0 Å². The Labute approximate surface area is 164 Å². The summed E-state index contributed by atoms with van der Waals surface area (Å²) >= 11 is 12.2. The molecule has 0 saturated carbocycles. The highest BCUT2D eigenvalue weighted by Crippen LogP contribution is 2.29. The van der Waals surface area contributed by atoms with Crippen LogP contribution in [0.15, 0.2) is 42.5 Å². The Hall–Kier alpha value is -1.75. The molecule has 3 rings (SSSR count). The van der Waals surface area contributed by atoms with Crippen LogP contribution < -0.4 is 10.2 Å². The Balaban J connectivity index is 1.57. The number of para-hydroxylation sites is 1. The average molecular weight is 392 g/mol. The maximum Gasteiger partial charge on any atom is 0.238 e. The lowest BCUT2D eigenvalue weighted by Crippen LogP contribution is -2.53. The third-order valence-electron chi connectivity index (χ3n) is 4.67. The van der Waals surface area contributed by atoms with E-state index in [0.717, 1.165) is 19.6 Å². The van der Waals surface area contributed by atoms with E-state index in [1.54, 1.807) is 18.2 Å². The predicted molar refractivity (Wildman–Crippen MR) is 110 cm³/mol. The molecule has 0 aromatic heterocycles. The number of rotatable bonds is 4. The zero-order valence-corrected chi connectivity index (χ0v) is 16.5. The molecule has 26 heavy (non-hydrogen) atoms. The van der Waals surface area contributed by atoms with Gasteiger partial charge in [-0.3, -0.25) is 9.69 Å². The number of hydrogen-bond donors (Lipinski definition) is 1. The largest absolute Gasteiger partial charge is 0.366 e. The first-order valence-corrected chi connectivity index (χ1v) is 9.49. The van der Waals surface area contributed by atoms with Gasteiger partial charge in [-0.25, -0.2) is 0 Å². The molecule has 1 aliphatic rings. The lowest BCUT2D eigenvalue weighted by Gasteiger charge is -2.41. The molecule has 4 nitrogen and oxygen atoms in total. The zero-order chi connectivity index (χ0) is 18.7. The number of nitrogens with one attached hydrogen (secondary N) is 1. The predicted octanol–water partition coefficient (Wildman–Crippen LogP) is 4.45. The molecule has 1 atom stereocenters. The summed E-state index contributed by atoms with van der Waals surface area (Å²) in [5.74, 6) is -0.101. The molecule has 1 aliphatic heterocycles. The van der Waals surface area contributed by atoms with Gasteiger partial charge < -0.3 is 10.2 Å². The van der Waals surface area contributed by atoms with Crippen LogP contribution in [-0.2, 0) is 4.79 Å². The smallest absolute Gasteiger partial charge is 0.238 e. The number of halogens is 2. The van der Waals surface area contributed by atoms with Gasteiger partial charge in [0.1, 0.15) is 0 Å². The minimum absolute atomic E-state index is 0.101. The molecule has 2 aromatic carbocycles. The summed E-state index contributed by atoms with van der Waals surface area (Å²) in [5, 5.41) is 3.73. The van der Waals surface area contributed by atoms with Crippen LogP contribution in [0, 0.1) is 6.92 Å². The summed E-state index contributed by atoms with van der Waals surface area (Å²) in [4.78, 5) is 16.9. The maximum absolute atomic E-state index is 12.4. The van der Waals surface area contributed by atoms with Crippen LogP contribution in [0.3, 0.4) is 0 Å². The van der Waals surface area contributed by atoms with Crippen LogP contribution in [0.4, 0.5) is 11.4 Å². The molecule has 0 spiro atoms. The van der Waals surface area contributed by atoms with Crippen LogP contribution in [0.1, 0.15) is 12.5 Å². The molecule has 0 bridgehead atoms. The van der Waals surface area contributed by atoms with E-state index in [9.17, 15) is 4.79 Å². The summed E-state index contributed by atoms with van der Waals surface area (Å²) < 4.78 is 0. The van der Waals surface area contributed by atoms with E-state index in [1.165, 1.54) is 11.3 Å². The van der Waals surface area contributed by atoms with Crippen LogP contribution >= 0.6 is 23.2 Å². The van der Waals surface area contributed by atoms with Crippen molar-refractivity contribution in [2.45, 2.75) is 19.9 Å². The van der Waals surface area contributed by atoms with Crippen LogP contribution in [0.25, 0.3) is 0 Å². The van der Waals surface area contributed by atoms with E-state index in [-0.39, 0.29) is 5.91 Å². The normalized spacial score (nSPS) is 18.0. The van der Waals surface area contributed by atoms with E-state index >= 15 is 0 Å². The van der Waals surface area contributed by atoms with E-state index < -0.39 is 0 Å². The molecule has 138 valence electrons. The van der Waals surface area contributed by atoms with Gasteiger partial charge in [0.2, 0.25) is 5.91 Å². The van der Waals surface area contributed by atoms with Crippen molar-refractivity contribution >= 4 is 40.5 Å². The van der Waals surface area contributed by atoms with Gasteiger partial charge >= 0.3 is 0 Å². The molecule has 1 heterocycles. The number of anilines is 2. The molecule has 1 saturated heterocycles. The Morgan fingerprint density at radius 3 is 2.38 bits per heavy atom. The second kappa shape index (κ2) is 8.30. The molecule has 1 amide bonds. The lowest BCUT2D eigenvalue weighted by atomic mass is 10.1. The molecule has 1 unspecified atom stereocenters. The Bertz CT molecular complexity index is 759. The highest BCUT2D eigenvalue weighted by atomic mass is 35.5. The van der Waals surface area contributed by atoms with Gasteiger partial charge in [-0.15, -0.1) is 0 Å². The maximum atomic E-state index is 12.4. The first-order valence-electron chi connectivity index (χ1n) is 8.73. The number of carbonyl (C=O) groups excluding carboxylic acids is 1. The fourth-order valence-corrected chi connectivity index (χ4v) is 3.79. The van der Waals surface area contributed by atoms with Crippen LogP contribution in [0.2, 0.25) is 10.0 Å². The van der Waals surface area contributed by atoms with Gasteiger partial charge in [-0.2, -0.15) is 0 Å². The number of piperazine rings is 1. The van der Waals surface area contributed by atoms with E-state index in [0.29, 0.717) is 28.3 Å². The minimum Gasteiger partial charge on any atom is -0.366 e. The Kier molecular flexibility index (Phi) is 6.07. The summed E-state index contributed by atoms with van der Waals surface area (Å²) in [6, 6.07) is 14.1. The number of benzene rings is 2. The van der Waals surface area contributed by atoms with Crippen molar-refractivity contribution in [1.29, 1.82) is 0 Å². The first kappa shape index (κ1) is 19.0. The second-order valence-corrected chi connectivity index (χ2v) is 7.57. The van der Waals surface area contributed by atoms with Gasteiger partial charge in [0, 0.05) is 31.4 Å². The standard InChI is InChI=1S/C20H23Cl2N3O/c1-14-6-8-16(9-7-14)25-11-10-24(12-15(25)2)13-19(26)23-20-17(21)4-3-5-18(20)22/h3-9,15H,10-13H2,1-2H3,(H,23,26). The molecule has 2 aromatic rings. The highest BCUT2D eigenvalue weighted by Gasteiger charge is 2.25. The van der Waals surface area contributed by atoms with Crippen molar-refractivity contribution < 1.29 is 4.79 Å². The average Bonchev–Trinajstić information content (AvgIpc) is 2.59. The molecular weight excluding hydrogens is 369 g/mol. The van der Waals surface area contributed by atoms with Crippen molar-refractivity contribution in [3.05, 3.63) is 58.1 Å². The summed E-state index contributed by atoms with van der Waals surface area (Å²) in [7, 11) is 0. The van der Waals surface area contributed by atoms with Crippen molar-refractivity contribution in [1.82, 2.24) is 4.90 Å². The zero-order valence-electron chi connectivity index (χ0n) is 15.0. The molecular formula is C20H23Cl2N3O. The highest BCUT2D eigenvalue weighted by molar-refractivity contribution is 6.39. The molecule has 0 radical (unpaired) electrons. The van der Waals surface area contributed by atoms with Gasteiger partial charge in [0.05, 0.1) is 22.3 Å². The van der Waals surface area contributed by atoms with Crippen LogP contribution in [0.5, 0.6) is 0 Å². The third-order valence-corrected chi connectivity index (χ3v) is 5.30. The van der Waals surface area contributed by atoms with E-state index in [4.69, 9.17) is 23.2 Å². The topological polar surface area (TPSA) is 35.6 Å². The van der Waals surface area contributed by atoms with Crippen molar-refractivity contribution in [2.75, 3.05) is 36.4 Å². The SMILES string of the molecule is Cc1ccc(N2CCN(CC(=O)Nc3c(Cl)cccc3Cl)CC2C)cc1. The molecule has 0 aliphatic carbocycles. The second-order valence-electron chi connectivity index (χ2n) is 6.76. The summed E-state index contributed by atoms with van der Waals surface area (Å²) in [5.41, 5.74) is 2.97. The van der Waals surface area contributed by atoms with Crippen molar-refractivity contribution in [2.24, 2.45) is 0 Å². The van der Waals surface area contributed by atoms with Gasteiger partial charge in [0.15, 0.2) is 0 Å². The fraction of sp³-hybridized carbons (Fsp3) is 0.350.